The zero-order valence-corrected chi connectivity index (χ0v) is 13.7. The molecule has 1 unspecified atom stereocenters. The van der Waals surface area contributed by atoms with Crippen LogP contribution < -0.4 is 5.32 Å². The number of piperidine rings is 1. The smallest absolute Gasteiger partial charge is 0.245 e. The van der Waals surface area contributed by atoms with Crippen LogP contribution in [0.4, 0.5) is 0 Å². The zero-order valence-electron chi connectivity index (χ0n) is 10.5. The molecule has 0 spiro atoms. The Kier molecular flexibility index (Phi) is 5.14. The minimum absolute atomic E-state index is 0.126. The quantitative estimate of drug-likeness (QED) is 0.915. The molecule has 108 valence electrons. The van der Waals surface area contributed by atoms with Gasteiger partial charge in [-0.05, 0) is 25.5 Å². The second kappa shape index (κ2) is 6.28. The van der Waals surface area contributed by atoms with E-state index in [0.29, 0.717) is 17.4 Å². The van der Waals surface area contributed by atoms with Crippen LogP contribution in [0.3, 0.4) is 0 Å². The summed E-state index contributed by atoms with van der Waals surface area (Å²) in [7, 11) is -3.54. The molecule has 1 aliphatic heterocycles. The summed E-state index contributed by atoms with van der Waals surface area (Å²) in [4.78, 5) is 0.126. The number of likely N-dealkylation sites (N-methyl/N-ethyl adjacent to an activating group) is 1. The number of halogens is 2. The Morgan fingerprint density at radius 2 is 2.26 bits per heavy atom. The molecular formula is C11H16Cl2N2O2S2. The first-order valence-electron chi connectivity index (χ1n) is 6.13. The van der Waals surface area contributed by atoms with Gasteiger partial charge in [0.2, 0.25) is 10.0 Å². The van der Waals surface area contributed by atoms with Gasteiger partial charge in [0.15, 0.2) is 0 Å². The van der Waals surface area contributed by atoms with E-state index in [1.165, 1.54) is 10.4 Å². The molecule has 4 nitrogen and oxygen atoms in total. The molecule has 2 heterocycles. The number of rotatable bonds is 4. The van der Waals surface area contributed by atoms with Crippen molar-refractivity contribution in [3.63, 3.8) is 0 Å². The van der Waals surface area contributed by atoms with E-state index in [1.807, 2.05) is 6.92 Å². The van der Waals surface area contributed by atoms with E-state index in [0.717, 1.165) is 30.7 Å². The number of hydrogen-bond acceptors (Lipinski definition) is 4. The maximum atomic E-state index is 12.5. The van der Waals surface area contributed by atoms with E-state index in [2.05, 4.69) is 5.32 Å². The van der Waals surface area contributed by atoms with Crippen molar-refractivity contribution in [3.8, 4) is 0 Å². The van der Waals surface area contributed by atoms with Crippen LogP contribution in [0, 0.1) is 0 Å². The van der Waals surface area contributed by atoms with Crippen molar-refractivity contribution in [1.82, 2.24) is 9.62 Å². The van der Waals surface area contributed by atoms with Gasteiger partial charge < -0.3 is 5.32 Å². The van der Waals surface area contributed by atoms with Gasteiger partial charge in [-0.15, -0.1) is 11.3 Å². The molecule has 19 heavy (non-hydrogen) atoms. The van der Waals surface area contributed by atoms with E-state index < -0.39 is 10.0 Å². The van der Waals surface area contributed by atoms with Crippen LogP contribution >= 0.6 is 34.5 Å². The van der Waals surface area contributed by atoms with Crippen molar-refractivity contribution in [2.75, 3.05) is 19.6 Å². The van der Waals surface area contributed by atoms with E-state index >= 15 is 0 Å². The van der Waals surface area contributed by atoms with E-state index in [-0.39, 0.29) is 15.3 Å². The number of nitrogens with zero attached hydrogens (tertiary/aromatic N) is 1. The summed E-state index contributed by atoms with van der Waals surface area (Å²) in [6.07, 6.45) is 1.85. The van der Waals surface area contributed by atoms with Gasteiger partial charge in [0.25, 0.3) is 0 Å². The second-order valence-electron chi connectivity index (χ2n) is 4.45. The molecule has 0 amide bonds. The molecule has 0 bridgehead atoms. The topological polar surface area (TPSA) is 49.4 Å². The highest BCUT2D eigenvalue weighted by molar-refractivity contribution is 7.89. The molecular weight excluding hydrogens is 327 g/mol. The van der Waals surface area contributed by atoms with Gasteiger partial charge in [-0.25, -0.2) is 8.42 Å². The Morgan fingerprint density at radius 3 is 2.84 bits per heavy atom. The summed E-state index contributed by atoms with van der Waals surface area (Å²) in [6.45, 7) is 3.88. The minimum atomic E-state index is -3.54. The Bertz CT molecular complexity index is 543. The average molecular weight is 343 g/mol. The fourth-order valence-corrected chi connectivity index (χ4v) is 5.89. The predicted molar refractivity (Wildman–Crippen MR) is 79.8 cm³/mol. The fraction of sp³-hybridized carbons (Fsp3) is 0.636. The molecule has 8 heteroatoms. The van der Waals surface area contributed by atoms with Crippen LogP contribution in [0.25, 0.3) is 0 Å². The van der Waals surface area contributed by atoms with Gasteiger partial charge in [-0.1, -0.05) is 30.1 Å². The molecule has 1 saturated heterocycles. The Labute approximate surface area is 127 Å². The summed E-state index contributed by atoms with van der Waals surface area (Å²) in [5.74, 6) is 0. The lowest BCUT2D eigenvalue weighted by molar-refractivity contribution is 0.286. The summed E-state index contributed by atoms with van der Waals surface area (Å²) in [5, 5.41) is 3.30. The van der Waals surface area contributed by atoms with Crippen molar-refractivity contribution in [2.24, 2.45) is 0 Å². The Morgan fingerprint density at radius 1 is 1.53 bits per heavy atom. The van der Waals surface area contributed by atoms with Crippen molar-refractivity contribution < 1.29 is 8.42 Å². The van der Waals surface area contributed by atoms with Crippen LogP contribution in [0.2, 0.25) is 8.67 Å². The van der Waals surface area contributed by atoms with Gasteiger partial charge >= 0.3 is 0 Å². The monoisotopic (exact) mass is 342 g/mol. The molecule has 1 aliphatic rings. The minimum Gasteiger partial charge on any atom is -0.313 e. The zero-order chi connectivity index (χ0) is 14.0. The van der Waals surface area contributed by atoms with Gasteiger partial charge in [0.1, 0.15) is 9.23 Å². The lowest BCUT2D eigenvalue weighted by Gasteiger charge is -2.32. The summed E-state index contributed by atoms with van der Waals surface area (Å²) in [5.41, 5.74) is 0. The maximum absolute atomic E-state index is 12.5. The first kappa shape index (κ1) is 15.5. The number of thiophene rings is 1. The van der Waals surface area contributed by atoms with Crippen LogP contribution in [-0.2, 0) is 10.0 Å². The van der Waals surface area contributed by atoms with Crippen molar-refractivity contribution in [1.29, 1.82) is 0 Å². The lowest BCUT2D eigenvalue weighted by atomic mass is 10.1. The number of sulfonamides is 1. The van der Waals surface area contributed by atoms with E-state index in [4.69, 9.17) is 23.2 Å². The number of nitrogens with one attached hydrogen (secondary N) is 1. The molecule has 0 aliphatic carbocycles. The molecule has 0 radical (unpaired) electrons. The molecule has 1 aromatic rings. The molecule has 1 atom stereocenters. The van der Waals surface area contributed by atoms with Crippen molar-refractivity contribution in [3.05, 3.63) is 14.7 Å². The van der Waals surface area contributed by atoms with E-state index in [9.17, 15) is 8.42 Å². The Balaban J connectivity index is 2.22. The summed E-state index contributed by atoms with van der Waals surface area (Å²) < 4.78 is 27.2. The molecule has 0 aromatic carbocycles. The predicted octanol–water partition coefficient (Wildman–Crippen LogP) is 2.82. The van der Waals surface area contributed by atoms with Crippen LogP contribution in [-0.4, -0.2) is 38.4 Å². The molecule has 1 N–H and O–H groups in total. The van der Waals surface area contributed by atoms with Gasteiger partial charge in [-0.3, -0.25) is 0 Å². The number of hydrogen-bond donors (Lipinski definition) is 1. The van der Waals surface area contributed by atoms with Gasteiger partial charge in [0, 0.05) is 19.1 Å². The summed E-state index contributed by atoms with van der Waals surface area (Å²) >= 11 is 12.9. The molecule has 1 aromatic heterocycles. The largest absolute Gasteiger partial charge is 0.313 e. The first-order valence-corrected chi connectivity index (χ1v) is 9.14. The first-order chi connectivity index (χ1) is 8.95. The summed E-state index contributed by atoms with van der Waals surface area (Å²) in [6, 6.07) is 1.64. The highest BCUT2D eigenvalue weighted by atomic mass is 35.5. The van der Waals surface area contributed by atoms with Gasteiger partial charge in [0.05, 0.1) is 4.34 Å². The van der Waals surface area contributed by atoms with Crippen molar-refractivity contribution >= 4 is 44.6 Å². The van der Waals surface area contributed by atoms with Crippen LogP contribution in [0.1, 0.15) is 19.8 Å². The maximum Gasteiger partial charge on any atom is 0.245 e. The van der Waals surface area contributed by atoms with Crippen LogP contribution in [0.15, 0.2) is 11.0 Å². The average Bonchev–Trinajstić information content (AvgIpc) is 2.70. The molecule has 0 saturated carbocycles. The van der Waals surface area contributed by atoms with Crippen LogP contribution in [0.5, 0.6) is 0 Å². The third-order valence-corrected chi connectivity index (χ3v) is 6.74. The molecule has 1 fully saturated rings. The highest BCUT2D eigenvalue weighted by Crippen LogP contribution is 2.36. The van der Waals surface area contributed by atoms with E-state index in [1.54, 1.807) is 0 Å². The normalized spacial score (nSPS) is 21.7. The standard InChI is InChI=1S/C11H16Cl2N2O2S2/c1-2-14-8-4-3-5-15(7-8)19(16,17)9-6-10(12)18-11(9)13/h6,8,14H,2-5,7H2,1H3. The third kappa shape index (κ3) is 3.43. The Hall–Kier alpha value is 0.150. The highest BCUT2D eigenvalue weighted by Gasteiger charge is 2.32. The van der Waals surface area contributed by atoms with Crippen molar-refractivity contribution in [2.45, 2.75) is 30.7 Å². The lowest BCUT2D eigenvalue weighted by Crippen LogP contribution is -2.47. The van der Waals surface area contributed by atoms with Gasteiger partial charge in [-0.2, -0.15) is 4.31 Å². The SMILES string of the molecule is CCNC1CCCN(S(=O)(=O)c2cc(Cl)sc2Cl)C1. The fourth-order valence-electron chi connectivity index (χ4n) is 2.26. The third-order valence-electron chi connectivity index (χ3n) is 3.12. The second-order valence-corrected chi connectivity index (χ2v) is 8.64. The molecule has 2 rings (SSSR count).